The van der Waals surface area contributed by atoms with E-state index in [1.807, 2.05) is 38.1 Å². The number of likely N-dealkylation sites (tertiary alicyclic amines) is 1. The number of aromatic nitrogens is 1. The van der Waals surface area contributed by atoms with E-state index in [4.69, 9.17) is 0 Å². The zero-order valence-electron chi connectivity index (χ0n) is 11.8. The Kier molecular flexibility index (Phi) is 3.53. The SMILES string of the molecule is C[C@@H]1C(=O)N(Cc2cc(Br)cc3cccnc23)C(=O)[C@@H]1C. The third-order valence-corrected chi connectivity index (χ3v) is 4.60. The molecular formula is C16H15BrN2O2. The van der Waals surface area contributed by atoms with Crippen LogP contribution in [0.25, 0.3) is 10.9 Å². The number of imide groups is 1. The van der Waals surface area contributed by atoms with Gasteiger partial charge in [-0.2, -0.15) is 0 Å². The maximum absolute atomic E-state index is 12.2. The van der Waals surface area contributed by atoms with Gasteiger partial charge in [0.05, 0.1) is 12.1 Å². The van der Waals surface area contributed by atoms with Crippen LogP contribution >= 0.6 is 15.9 Å². The van der Waals surface area contributed by atoms with Crippen molar-refractivity contribution in [3.05, 3.63) is 40.5 Å². The summed E-state index contributed by atoms with van der Waals surface area (Å²) in [6.45, 7) is 3.89. The molecule has 5 heteroatoms. The molecule has 21 heavy (non-hydrogen) atoms. The number of benzene rings is 1. The Morgan fingerprint density at radius 3 is 2.52 bits per heavy atom. The number of amides is 2. The van der Waals surface area contributed by atoms with Crippen LogP contribution in [-0.4, -0.2) is 21.7 Å². The summed E-state index contributed by atoms with van der Waals surface area (Å²) in [4.78, 5) is 30.2. The average molecular weight is 347 g/mol. The van der Waals surface area contributed by atoms with Crippen molar-refractivity contribution >= 4 is 38.6 Å². The average Bonchev–Trinajstić information content (AvgIpc) is 2.65. The molecule has 3 rings (SSSR count). The second-order valence-electron chi connectivity index (χ2n) is 5.48. The molecule has 1 aliphatic heterocycles. The monoisotopic (exact) mass is 346 g/mol. The normalized spacial score (nSPS) is 22.3. The van der Waals surface area contributed by atoms with Gasteiger partial charge in [-0.05, 0) is 23.8 Å². The van der Waals surface area contributed by atoms with E-state index in [2.05, 4.69) is 20.9 Å². The van der Waals surface area contributed by atoms with Crippen LogP contribution in [0.2, 0.25) is 0 Å². The molecule has 1 fully saturated rings. The zero-order chi connectivity index (χ0) is 15.1. The van der Waals surface area contributed by atoms with Crippen LogP contribution < -0.4 is 0 Å². The molecule has 2 heterocycles. The summed E-state index contributed by atoms with van der Waals surface area (Å²) in [7, 11) is 0. The molecule has 2 atom stereocenters. The van der Waals surface area contributed by atoms with Gasteiger partial charge >= 0.3 is 0 Å². The summed E-state index contributed by atoms with van der Waals surface area (Å²) >= 11 is 3.47. The molecule has 0 saturated carbocycles. The minimum atomic E-state index is -0.246. The Labute approximate surface area is 131 Å². The first-order valence-corrected chi connectivity index (χ1v) is 7.66. The van der Waals surface area contributed by atoms with Gasteiger partial charge in [-0.25, -0.2) is 0 Å². The molecule has 0 aliphatic carbocycles. The van der Waals surface area contributed by atoms with Gasteiger partial charge in [0, 0.05) is 27.9 Å². The lowest BCUT2D eigenvalue weighted by atomic mass is 10.00. The molecule has 4 nitrogen and oxygen atoms in total. The maximum atomic E-state index is 12.2. The highest BCUT2D eigenvalue weighted by atomic mass is 79.9. The van der Waals surface area contributed by atoms with Crippen LogP contribution in [0.1, 0.15) is 19.4 Å². The first-order chi connectivity index (χ1) is 9.99. The van der Waals surface area contributed by atoms with Gasteiger partial charge in [-0.3, -0.25) is 19.5 Å². The molecule has 2 aromatic rings. The Hall–Kier alpha value is -1.75. The van der Waals surface area contributed by atoms with E-state index in [-0.39, 0.29) is 30.2 Å². The number of pyridine rings is 1. The zero-order valence-corrected chi connectivity index (χ0v) is 13.4. The van der Waals surface area contributed by atoms with Crippen LogP contribution in [0.4, 0.5) is 0 Å². The lowest BCUT2D eigenvalue weighted by molar-refractivity contribution is -0.140. The number of halogens is 1. The quantitative estimate of drug-likeness (QED) is 0.785. The maximum Gasteiger partial charge on any atom is 0.233 e. The van der Waals surface area contributed by atoms with Crippen molar-refractivity contribution < 1.29 is 9.59 Å². The second-order valence-corrected chi connectivity index (χ2v) is 6.40. The predicted molar refractivity (Wildman–Crippen MR) is 83.3 cm³/mol. The van der Waals surface area contributed by atoms with Crippen LogP contribution in [0.3, 0.4) is 0 Å². The minimum absolute atomic E-state index is 0.100. The molecule has 1 aliphatic rings. The lowest BCUT2D eigenvalue weighted by Gasteiger charge is -2.16. The smallest absolute Gasteiger partial charge is 0.233 e. The molecule has 0 bridgehead atoms. The molecule has 0 N–H and O–H groups in total. The first-order valence-electron chi connectivity index (χ1n) is 6.87. The van der Waals surface area contributed by atoms with E-state index in [0.29, 0.717) is 0 Å². The van der Waals surface area contributed by atoms with Crippen LogP contribution in [-0.2, 0) is 16.1 Å². The number of carbonyl (C=O) groups is 2. The molecule has 0 unspecified atom stereocenters. The van der Waals surface area contributed by atoms with Crippen molar-refractivity contribution in [2.24, 2.45) is 11.8 Å². The topological polar surface area (TPSA) is 50.3 Å². The fourth-order valence-corrected chi connectivity index (χ4v) is 3.23. The number of rotatable bonds is 2. The van der Waals surface area contributed by atoms with Gasteiger partial charge in [-0.15, -0.1) is 0 Å². The fraction of sp³-hybridized carbons (Fsp3) is 0.312. The summed E-state index contributed by atoms with van der Waals surface area (Å²) in [5.74, 6) is -0.694. The molecule has 0 spiro atoms. The number of hydrogen-bond donors (Lipinski definition) is 0. The van der Waals surface area contributed by atoms with Crippen molar-refractivity contribution in [2.45, 2.75) is 20.4 Å². The van der Waals surface area contributed by atoms with Crippen molar-refractivity contribution in [3.8, 4) is 0 Å². The summed E-state index contributed by atoms with van der Waals surface area (Å²) in [6, 6.07) is 7.73. The Balaban J connectivity index is 2.03. The molecule has 2 amide bonds. The van der Waals surface area contributed by atoms with Gasteiger partial charge in [0.2, 0.25) is 11.8 Å². The predicted octanol–water partition coefficient (Wildman–Crippen LogP) is 3.14. The first kappa shape index (κ1) is 14.2. The van der Waals surface area contributed by atoms with Gasteiger partial charge < -0.3 is 0 Å². The standard InChI is InChI=1S/C16H15BrN2O2/c1-9-10(2)16(21)19(15(9)20)8-12-7-13(17)6-11-4-3-5-18-14(11)12/h3-7,9-10H,8H2,1-2H3/t9-,10+. The van der Waals surface area contributed by atoms with E-state index in [1.54, 1.807) is 6.20 Å². The van der Waals surface area contributed by atoms with Gasteiger partial charge in [0.25, 0.3) is 0 Å². The fourth-order valence-electron chi connectivity index (χ4n) is 2.70. The van der Waals surface area contributed by atoms with E-state index in [0.717, 1.165) is 20.9 Å². The van der Waals surface area contributed by atoms with E-state index in [1.165, 1.54) is 4.90 Å². The lowest BCUT2D eigenvalue weighted by Crippen LogP contribution is -2.30. The van der Waals surface area contributed by atoms with Gasteiger partial charge in [-0.1, -0.05) is 35.8 Å². The number of nitrogens with zero attached hydrogens (tertiary/aromatic N) is 2. The minimum Gasteiger partial charge on any atom is -0.278 e. The molecule has 1 saturated heterocycles. The molecule has 1 aromatic heterocycles. The Morgan fingerprint density at radius 2 is 1.86 bits per heavy atom. The Bertz CT molecular complexity index is 724. The molecule has 0 radical (unpaired) electrons. The largest absolute Gasteiger partial charge is 0.278 e. The third kappa shape index (κ3) is 2.35. The van der Waals surface area contributed by atoms with Gasteiger partial charge in [0.15, 0.2) is 0 Å². The van der Waals surface area contributed by atoms with Gasteiger partial charge in [0.1, 0.15) is 0 Å². The summed E-state index contributed by atoms with van der Waals surface area (Å²) in [5.41, 5.74) is 1.71. The van der Waals surface area contributed by atoms with Crippen LogP contribution in [0.5, 0.6) is 0 Å². The molecule has 108 valence electrons. The Morgan fingerprint density at radius 1 is 1.19 bits per heavy atom. The van der Waals surface area contributed by atoms with E-state index >= 15 is 0 Å². The molecular weight excluding hydrogens is 332 g/mol. The van der Waals surface area contributed by atoms with E-state index < -0.39 is 0 Å². The highest BCUT2D eigenvalue weighted by molar-refractivity contribution is 9.10. The second kappa shape index (κ2) is 5.22. The van der Waals surface area contributed by atoms with Crippen molar-refractivity contribution in [1.82, 2.24) is 9.88 Å². The number of hydrogen-bond acceptors (Lipinski definition) is 3. The number of fused-ring (bicyclic) bond motifs is 1. The summed E-state index contributed by atoms with van der Waals surface area (Å²) in [5, 5.41) is 0.988. The number of carbonyl (C=O) groups excluding carboxylic acids is 2. The summed E-state index contributed by atoms with van der Waals surface area (Å²) < 4.78 is 0.915. The highest BCUT2D eigenvalue weighted by Gasteiger charge is 2.42. The molecule has 1 aromatic carbocycles. The van der Waals surface area contributed by atoms with Crippen LogP contribution in [0.15, 0.2) is 34.9 Å². The van der Waals surface area contributed by atoms with Crippen molar-refractivity contribution in [3.63, 3.8) is 0 Å². The highest BCUT2D eigenvalue weighted by Crippen LogP contribution is 2.29. The summed E-state index contributed by atoms with van der Waals surface area (Å²) in [6.07, 6.45) is 1.72. The van der Waals surface area contributed by atoms with E-state index in [9.17, 15) is 9.59 Å². The van der Waals surface area contributed by atoms with Crippen LogP contribution in [0, 0.1) is 11.8 Å². The van der Waals surface area contributed by atoms with Crippen molar-refractivity contribution in [2.75, 3.05) is 0 Å². The van der Waals surface area contributed by atoms with Crippen molar-refractivity contribution in [1.29, 1.82) is 0 Å². The third-order valence-electron chi connectivity index (χ3n) is 4.14.